The van der Waals surface area contributed by atoms with Crippen LogP contribution in [0.3, 0.4) is 0 Å². The van der Waals surface area contributed by atoms with Crippen molar-refractivity contribution in [1.29, 1.82) is 0 Å². The average Bonchev–Trinajstić information content (AvgIpc) is 2.53. The first-order valence-corrected chi connectivity index (χ1v) is 7.78. The van der Waals surface area contributed by atoms with Gasteiger partial charge in [0.1, 0.15) is 0 Å². The summed E-state index contributed by atoms with van der Waals surface area (Å²) in [6.07, 6.45) is 0. The molecular formula is C19H24N2O. The van der Waals surface area contributed by atoms with Gasteiger partial charge in [0.2, 0.25) is 0 Å². The van der Waals surface area contributed by atoms with E-state index in [9.17, 15) is 4.79 Å². The van der Waals surface area contributed by atoms with E-state index in [1.807, 2.05) is 56.3 Å². The lowest BCUT2D eigenvalue weighted by molar-refractivity contribution is 0.102. The van der Waals surface area contributed by atoms with Gasteiger partial charge in [0, 0.05) is 30.0 Å². The second-order valence-electron chi connectivity index (χ2n) is 5.49. The highest BCUT2D eigenvalue weighted by molar-refractivity contribution is 6.04. The van der Waals surface area contributed by atoms with E-state index in [2.05, 4.69) is 24.1 Å². The zero-order valence-corrected chi connectivity index (χ0v) is 13.8. The van der Waals surface area contributed by atoms with Gasteiger partial charge < -0.3 is 10.2 Å². The molecule has 2 rings (SSSR count). The maximum atomic E-state index is 12.4. The van der Waals surface area contributed by atoms with Gasteiger partial charge in [-0.1, -0.05) is 12.1 Å². The molecule has 0 aliphatic heterocycles. The van der Waals surface area contributed by atoms with Crippen molar-refractivity contribution < 1.29 is 4.79 Å². The molecule has 0 aliphatic rings. The molecule has 2 aromatic rings. The number of benzene rings is 2. The Morgan fingerprint density at radius 1 is 1.00 bits per heavy atom. The molecule has 2 aromatic carbocycles. The van der Waals surface area contributed by atoms with Gasteiger partial charge in [-0.2, -0.15) is 0 Å². The number of nitrogens with one attached hydrogen (secondary N) is 1. The van der Waals surface area contributed by atoms with Crippen molar-refractivity contribution in [2.45, 2.75) is 27.7 Å². The number of amides is 1. The first kappa shape index (κ1) is 16.1. The molecule has 0 atom stereocenters. The SMILES string of the molecule is CCN(CC)c1ccc(C(=O)Nc2cc(C)ccc2C)cc1. The lowest BCUT2D eigenvalue weighted by Gasteiger charge is -2.21. The molecule has 0 saturated heterocycles. The van der Waals surface area contributed by atoms with Crippen molar-refractivity contribution in [2.75, 3.05) is 23.3 Å². The van der Waals surface area contributed by atoms with Crippen molar-refractivity contribution in [1.82, 2.24) is 0 Å². The van der Waals surface area contributed by atoms with Crippen molar-refractivity contribution >= 4 is 17.3 Å². The molecule has 0 unspecified atom stereocenters. The van der Waals surface area contributed by atoms with Gasteiger partial charge in [0.25, 0.3) is 5.91 Å². The van der Waals surface area contributed by atoms with E-state index in [-0.39, 0.29) is 5.91 Å². The summed E-state index contributed by atoms with van der Waals surface area (Å²) in [5, 5.41) is 2.99. The highest BCUT2D eigenvalue weighted by Gasteiger charge is 2.09. The molecule has 0 spiro atoms. The van der Waals surface area contributed by atoms with Gasteiger partial charge >= 0.3 is 0 Å². The number of nitrogens with zero attached hydrogens (tertiary/aromatic N) is 1. The highest BCUT2D eigenvalue weighted by atomic mass is 16.1. The number of anilines is 2. The van der Waals surface area contributed by atoms with E-state index in [1.54, 1.807) is 0 Å². The largest absolute Gasteiger partial charge is 0.372 e. The smallest absolute Gasteiger partial charge is 0.255 e. The van der Waals surface area contributed by atoms with Gasteiger partial charge in [-0.15, -0.1) is 0 Å². The summed E-state index contributed by atoms with van der Waals surface area (Å²) in [4.78, 5) is 14.6. The van der Waals surface area contributed by atoms with Crippen molar-refractivity contribution in [3.05, 3.63) is 59.2 Å². The standard InChI is InChI=1S/C19H24N2O/c1-5-21(6-2)17-11-9-16(10-12-17)19(22)20-18-13-14(3)7-8-15(18)4/h7-13H,5-6H2,1-4H3,(H,20,22). The molecule has 116 valence electrons. The minimum atomic E-state index is -0.0696. The molecule has 3 nitrogen and oxygen atoms in total. The van der Waals surface area contributed by atoms with Crippen molar-refractivity contribution in [3.8, 4) is 0 Å². The first-order chi connectivity index (χ1) is 10.5. The minimum Gasteiger partial charge on any atom is -0.372 e. The Bertz CT molecular complexity index is 643. The van der Waals surface area contributed by atoms with E-state index in [1.165, 1.54) is 0 Å². The molecule has 3 heteroatoms. The van der Waals surface area contributed by atoms with Gasteiger partial charge in [0.15, 0.2) is 0 Å². The fourth-order valence-electron chi connectivity index (χ4n) is 2.48. The molecule has 1 amide bonds. The van der Waals surface area contributed by atoms with E-state index >= 15 is 0 Å². The molecule has 0 aromatic heterocycles. The maximum Gasteiger partial charge on any atom is 0.255 e. The molecular weight excluding hydrogens is 272 g/mol. The Balaban J connectivity index is 2.14. The van der Waals surface area contributed by atoms with E-state index < -0.39 is 0 Å². The van der Waals surface area contributed by atoms with Crippen molar-refractivity contribution in [2.24, 2.45) is 0 Å². The minimum absolute atomic E-state index is 0.0696. The molecule has 0 fully saturated rings. The van der Waals surface area contributed by atoms with Crippen LogP contribution in [-0.2, 0) is 0 Å². The summed E-state index contributed by atoms with van der Waals surface area (Å²) in [5.74, 6) is -0.0696. The summed E-state index contributed by atoms with van der Waals surface area (Å²) < 4.78 is 0. The van der Waals surface area contributed by atoms with Crippen LogP contribution < -0.4 is 10.2 Å². The number of hydrogen-bond acceptors (Lipinski definition) is 2. The monoisotopic (exact) mass is 296 g/mol. The van der Waals surface area contributed by atoms with E-state index in [0.29, 0.717) is 5.56 Å². The molecule has 1 N–H and O–H groups in total. The normalized spacial score (nSPS) is 10.4. The Morgan fingerprint density at radius 2 is 1.64 bits per heavy atom. The number of hydrogen-bond donors (Lipinski definition) is 1. The molecule has 22 heavy (non-hydrogen) atoms. The molecule has 0 radical (unpaired) electrons. The van der Waals surface area contributed by atoms with Crippen molar-refractivity contribution in [3.63, 3.8) is 0 Å². The predicted molar refractivity (Wildman–Crippen MR) is 93.9 cm³/mol. The summed E-state index contributed by atoms with van der Waals surface area (Å²) in [7, 11) is 0. The Labute approximate surface area is 133 Å². The third-order valence-corrected chi connectivity index (χ3v) is 3.90. The van der Waals surface area contributed by atoms with Crippen LogP contribution in [-0.4, -0.2) is 19.0 Å². The van der Waals surface area contributed by atoms with Crippen LogP contribution in [0.1, 0.15) is 35.3 Å². The zero-order chi connectivity index (χ0) is 16.1. The third-order valence-electron chi connectivity index (χ3n) is 3.90. The number of carbonyl (C=O) groups is 1. The molecule has 0 saturated carbocycles. The molecule has 0 heterocycles. The Hall–Kier alpha value is -2.29. The maximum absolute atomic E-state index is 12.4. The van der Waals surface area contributed by atoms with Gasteiger partial charge in [-0.25, -0.2) is 0 Å². The predicted octanol–water partition coefficient (Wildman–Crippen LogP) is 4.40. The summed E-state index contributed by atoms with van der Waals surface area (Å²) >= 11 is 0. The quantitative estimate of drug-likeness (QED) is 0.887. The van der Waals surface area contributed by atoms with Crippen LogP contribution in [0, 0.1) is 13.8 Å². The molecule has 0 aliphatic carbocycles. The van der Waals surface area contributed by atoms with Crippen LogP contribution in [0.15, 0.2) is 42.5 Å². The number of carbonyl (C=O) groups excluding carboxylic acids is 1. The van der Waals surface area contributed by atoms with E-state index in [0.717, 1.165) is 35.6 Å². The second kappa shape index (κ2) is 7.12. The number of rotatable bonds is 5. The van der Waals surface area contributed by atoms with Crippen LogP contribution in [0.5, 0.6) is 0 Å². The van der Waals surface area contributed by atoms with Crippen LogP contribution in [0.2, 0.25) is 0 Å². The Kier molecular flexibility index (Phi) is 5.21. The van der Waals surface area contributed by atoms with Crippen LogP contribution in [0.25, 0.3) is 0 Å². The van der Waals surface area contributed by atoms with Gasteiger partial charge in [0.05, 0.1) is 0 Å². The van der Waals surface area contributed by atoms with Crippen LogP contribution in [0.4, 0.5) is 11.4 Å². The van der Waals surface area contributed by atoms with E-state index in [4.69, 9.17) is 0 Å². The summed E-state index contributed by atoms with van der Waals surface area (Å²) in [6.45, 7) is 10.2. The zero-order valence-electron chi connectivity index (χ0n) is 13.8. The highest BCUT2D eigenvalue weighted by Crippen LogP contribution is 2.19. The fraction of sp³-hybridized carbons (Fsp3) is 0.316. The fourth-order valence-corrected chi connectivity index (χ4v) is 2.48. The average molecular weight is 296 g/mol. The first-order valence-electron chi connectivity index (χ1n) is 7.78. The lowest BCUT2D eigenvalue weighted by atomic mass is 10.1. The van der Waals surface area contributed by atoms with Crippen LogP contribution >= 0.6 is 0 Å². The Morgan fingerprint density at radius 3 is 2.23 bits per heavy atom. The topological polar surface area (TPSA) is 32.3 Å². The van der Waals surface area contributed by atoms with Gasteiger partial charge in [-0.3, -0.25) is 4.79 Å². The summed E-state index contributed by atoms with van der Waals surface area (Å²) in [5.41, 5.74) is 4.90. The number of aryl methyl sites for hydroxylation is 2. The third kappa shape index (κ3) is 3.67. The van der Waals surface area contributed by atoms with Gasteiger partial charge in [-0.05, 0) is 69.2 Å². The lowest BCUT2D eigenvalue weighted by Crippen LogP contribution is -2.21. The molecule has 0 bridgehead atoms. The second-order valence-corrected chi connectivity index (χ2v) is 5.49. The summed E-state index contributed by atoms with van der Waals surface area (Å²) in [6, 6.07) is 13.8.